The van der Waals surface area contributed by atoms with Crippen molar-refractivity contribution in [3.8, 4) is 0 Å². The summed E-state index contributed by atoms with van der Waals surface area (Å²) in [5.74, 6) is 0.314. The minimum absolute atomic E-state index is 0.227. The molecule has 7 heteroatoms. The van der Waals surface area contributed by atoms with E-state index in [0.29, 0.717) is 23.1 Å². The van der Waals surface area contributed by atoms with Gasteiger partial charge >= 0.3 is 0 Å². The first-order valence-electron chi connectivity index (χ1n) is 7.45. The zero-order valence-corrected chi connectivity index (χ0v) is 13.2. The van der Waals surface area contributed by atoms with Crippen molar-refractivity contribution in [2.45, 2.75) is 18.9 Å². The Bertz CT molecular complexity index is 655. The highest BCUT2D eigenvalue weighted by molar-refractivity contribution is 6.30. The number of carbonyl (C=O) groups excluding carboxylic acids is 1. The van der Waals surface area contributed by atoms with Crippen molar-refractivity contribution in [3.63, 3.8) is 0 Å². The Morgan fingerprint density at radius 2 is 2.09 bits per heavy atom. The number of aromatic nitrogens is 2. The molecule has 1 fully saturated rings. The first-order chi connectivity index (χ1) is 11.2. The van der Waals surface area contributed by atoms with Crippen molar-refractivity contribution >= 4 is 29.0 Å². The molecular weight excluding hydrogens is 316 g/mol. The van der Waals surface area contributed by atoms with Crippen LogP contribution in [0.15, 0.2) is 36.7 Å². The molecule has 2 aromatic rings. The highest BCUT2D eigenvalue weighted by atomic mass is 35.5. The smallest absolute Gasteiger partial charge is 0.275 e. The average molecular weight is 333 g/mol. The van der Waals surface area contributed by atoms with Crippen LogP contribution in [0.25, 0.3) is 0 Å². The molecule has 1 atom stereocenters. The van der Waals surface area contributed by atoms with Crippen LogP contribution in [-0.4, -0.2) is 35.1 Å². The Labute approximate surface area is 139 Å². The number of rotatable bonds is 5. The summed E-state index contributed by atoms with van der Waals surface area (Å²) in [5, 5.41) is 6.52. The molecule has 1 unspecified atom stereocenters. The maximum absolute atomic E-state index is 12.1. The highest BCUT2D eigenvalue weighted by Gasteiger charge is 2.15. The normalized spacial score (nSPS) is 17.0. The summed E-state index contributed by atoms with van der Waals surface area (Å²) >= 11 is 5.81. The SMILES string of the molecule is O=C(Nc1ccc(Cl)cc1)c1cnc(NCC2CCCO2)cn1. The fourth-order valence-electron chi connectivity index (χ4n) is 2.29. The quantitative estimate of drug-likeness (QED) is 0.880. The molecule has 1 aliphatic heterocycles. The molecule has 120 valence electrons. The van der Waals surface area contributed by atoms with Gasteiger partial charge in [-0.1, -0.05) is 11.6 Å². The van der Waals surface area contributed by atoms with Gasteiger partial charge < -0.3 is 15.4 Å². The van der Waals surface area contributed by atoms with Gasteiger partial charge in [0.25, 0.3) is 5.91 Å². The van der Waals surface area contributed by atoms with E-state index in [0.717, 1.165) is 19.4 Å². The van der Waals surface area contributed by atoms with Crippen LogP contribution >= 0.6 is 11.6 Å². The molecule has 1 aromatic heterocycles. The van der Waals surface area contributed by atoms with Gasteiger partial charge in [-0.25, -0.2) is 9.97 Å². The summed E-state index contributed by atoms with van der Waals surface area (Å²) in [5.41, 5.74) is 0.907. The van der Waals surface area contributed by atoms with Gasteiger partial charge in [-0.2, -0.15) is 0 Å². The third kappa shape index (κ3) is 4.40. The molecule has 1 aromatic carbocycles. The summed E-state index contributed by atoms with van der Waals surface area (Å²) in [4.78, 5) is 20.4. The van der Waals surface area contributed by atoms with E-state index in [9.17, 15) is 4.79 Å². The van der Waals surface area contributed by atoms with E-state index >= 15 is 0 Å². The minimum atomic E-state index is -0.314. The average Bonchev–Trinajstić information content (AvgIpc) is 3.09. The summed E-state index contributed by atoms with van der Waals surface area (Å²) < 4.78 is 5.53. The lowest BCUT2D eigenvalue weighted by atomic mass is 10.2. The van der Waals surface area contributed by atoms with Gasteiger partial charge in [0.05, 0.1) is 18.5 Å². The van der Waals surface area contributed by atoms with Gasteiger partial charge in [0.15, 0.2) is 0 Å². The van der Waals surface area contributed by atoms with Crippen LogP contribution in [-0.2, 0) is 4.74 Å². The second-order valence-electron chi connectivity index (χ2n) is 5.26. The van der Waals surface area contributed by atoms with Crippen LogP contribution in [0.4, 0.5) is 11.5 Å². The van der Waals surface area contributed by atoms with Crippen LogP contribution < -0.4 is 10.6 Å². The number of nitrogens with one attached hydrogen (secondary N) is 2. The third-order valence-electron chi connectivity index (χ3n) is 3.52. The van der Waals surface area contributed by atoms with Gasteiger partial charge in [-0.15, -0.1) is 0 Å². The Hall–Kier alpha value is -2.18. The van der Waals surface area contributed by atoms with E-state index in [1.807, 2.05) is 0 Å². The van der Waals surface area contributed by atoms with E-state index in [2.05, 4.69) is 20.6 Å². The van der Waals surface area contributed by atoms with E-state index in [-0.39, 0.29) is 17.7 Å². The second-order valence-corrected chi connectivity index (χ2v) is 5.70. The first kappa shape index (κ1) is 15.7. The molecule has 0 saturated carbocycles. The number of amides is 1. The van der Waals surface area contributed by atoms with Crippen molar-refractivity contribution in [3.05, 3.63) is 47.4 Å². The third-order valence-corrected chi connectivity index (χ3v) is 3.77. The molecule has 2 heterocycles. The number of benzene rings is 1. The van der Waals surface area contributed by atoms with E-state index in [1.165, 1.54) is 6.20 Å². The molecule has 0 radical (unpaired) electrons. The lowest BCUT2D eigenvalue weighted by Gasteiger charge is -2.11. The van der Waals surface area contributed by atoms with Crippen LogP contribution in [0.5, 0.6) is 0 Å². The number of nitrogens with zero attached hydrogens (tertiary/aromatic N) is 2. The summed E-state index contributed by atoms with van der Waals surface area (Å²) in [7, 11) is 0. The number of carbonyl (C=O) groups is 1. The summed E-state index contributed by atoms with van der Waals surface area (Å²) in [6.45, 7) is 1.52. The predicted molar refractivity (Wildman–Crippen MR) is 88.9 cm³/mol. The minimum Gasteiger partial charge on any atom is -0.376 e. The maximum Gasteiger partial charge on any atom is 0.275 e. The molecule has 0 spiro atoms. The van der Waals surface area contributed by atoms with Crippen LogP contribution in [0.3, 0.4) is 0 Å². The molecule has 3 rings (SSSR count). The van der Waals surface area contributed by atoms with Crippen molar-refractivity contribution in [2.24, 2.45) is 0 Å². The molecule has 1 amide bonds. The number of hydrogen-bond acceptors (Lipinski definition) is 5. The second kappa shape index (κ2) is 7.39. The predicted octanol–water partition coefficient (Wildman–Crippen LogP) is 2.97. The Kier molecular flexibility index (Phi) is 5.05. The standard InChI is InChI=1S/C16H17ClN4O2/c17-11-3-5-12(6-4-11)21-16(22)14-9-20-15(10-18-14)19-8-13-2-1-7-23-13/h3-6,9-10,13H,1-2,7-8H2,(H,19,20)(H,21,22). The summed E-state index contributed by atoms with van der Waals surface area (Å²) in [6.07, 6.45) is 5.38. The topological polar surface area (TPSA) is 76.1 Å². The lowest BCUT2D eigenvalue weighted by molar-refractivity contribution is 0.102. The molecule has 23 heavy (non-hydrogen) atoms. The molecule has 1 aliphatic rings. The molecular formula is C16H17ClN4O2. The summed E-state index contributed by atoms with van der Waals surface area (Å²) in [6, 6.07) is 6.87. The van der Waals surface area contributed by atoms with Crippen molar-refractivity contribution < 1.29 is 9.53 Å². The maximum atomic E-state index is 12.1. The zero-order valence-electron chi connectivity index (χ0n) is 12.5. The molecule has 0 aliphatic carbocycles. The van der Waals surface area contributed by atoms with E-state index in [1.54, 1.807) is 30.5 Å². The van der Waals surface area contributed by atoms with Crippen LogP contribution in [0.2, 0.25) is 5.02 Å². The largest absolute Gasteiger partial charge is 0.376 e. The first-order valence-corrected chi connectivity index (χ1v) is 7.83. The Morgan fingerprint density at radius 1 is 1.26 bits per heavy atom. The van der Waals surface area contributed by atoms with Gasteiger partial charge in [0, 0.05) is 23.9 Å². The van der Waals surface area contributed by atoms with Crippen LogP contribution in [0.1, 0.15) is 23.3 Å². The number of halogens is 1. The number of anilines is 2. The van der Waals surface area contributed by atoms with Crippen molar-refractivity contribution in [1.82, 2.24) is 9.97 Å². The molecule has 1 saturated heterocycles. The van der Waals surface area contributed by atoms with Gasteiger partial charge in [0.1, 0.15) is 11.5 Å². The number of hydrogen-bond donors (Lipinski definition) is 2. The fourth-order valence-corrected chi connectivity index (χ4v) is 2.41. The number of ether oxygens (including phenoxy) is 1. The van der Waals surface area contributed by atoms with Gasteiger partial charge in [-0.3, -0.25) is 4.79 Å². The zero-order chi connectivity index (χ0) is 16.1. The van der Waals surface area contributed by atoms with Crippen molar-refractivity contribution in [2.75, 3.05) is 23.8 Å². The Balaban J connectivity index is 1.55. The van der Waals surface area contributed by atoms with E-state index < -0.39 is 0 Å². The fraction of sp³-hybridized carbons (Fsp3) is 0.312. The van der Waals surface area contributed by atoms with Crippen molar-refractivity contribution in [1.29, 1.82) is 0 Å². The van der Waals surface area contributed by atoms with E-state index in [4.69, 9.17) is 16.3 Å². The monoisotopic (exact) mass is 332 g/mol. The Morgan fingerprint density at radius 3 is 2.74 bits per heavy atom. The molecule has 0 bridgehead atoms. The van der Waals surface area contributed by atoms with Crippen LogP contribution in [0, 0.1) is 0 Å². The van der Waals surface area contributed by atoms with Gasteiger partial charge in [0.2, 0.25) is 0 Å². The lowest BCUT2D eigenvalue weighted by Crippen LogP contribution is -2.19. The van der Waals surface area contributed by atoms with Gasteiger partial charge in [-0.05, 0) is 37.1 Å². The molecule has 2 N–H and O–H groups in total. The molecule has 6 nitrogen and oxygen atoms in total. The highest BCUT2D eigenvalue weighted by Crippen LogP contribution is 2.15.